The second kappa shape index (κ2) is 7.30. The minimum atomic E-state index is 0.263. The van der Waals surface area contributed by atoms with E-state index in [4.69, 9.17) is 0 Å². The van der Waals surface area contributed by atoms with Crippen LogP contribution in [0.5, 0.6) is 0 Å². The molecule has 1 N–H and O–H groups in total. The van der Waals surface area contributed by atoms with Gasteiger partial charge < -0.3 is 15.1 Å². The zero-order valence-corrected chi connectivity index (χ0v) is 13.4. The molecule has 0 aliphatic carbocycles. The molecule has 0 aromatic heterocycles. The second-order valence-corrected chi connectivity index (χ2v) is 7.07. The Morgan fingerprint density at radius 2 is 2.15 bits per heavy atom. The Labute approximate surface area is 123 Å². The molecule has 2 atom stereocenters. The molecule has 0 aromatic rings. The summed E-state index contributed by atoms with van der Waals surface area (Å²) in [6, 6.07) is 0.763. The third-order valence-electron chi connectivity index (χ3n) is 4.39. The highest BCUT2D eigenvalue weighted by Gasteiger charge is 2.28. The molecule has 2 heterocycles. The van der Waals surface area contributed by atoms with Crippen molar-refractivity contribution in [1.29, 1.82) is 0 Å². The van der Waals surface area contributed by atoms with Gasteiger partial charge in [0.05, 0.1) is 0 Å². The van der Waals surface area contributed by atoms with E-state index < -0.39 is 0 Å². The summed E-state index contributed by atoms with van der Waals surface area (Å²) in [6.45, 7) is 11.4. The molecular formula is C16H31N3O. The van der Waals surface area contributed by atoms with Crippen LogP contribution in [0.4, 0.5) is 4.79 Å². The highest BCUT2D eigenvalue weighted by molar-refractivity contribution is 5.74. The molecule has 0 spiro atoms. The number of carbonyl (C=O) groups excluding carboxylic acids is 1. The molecule has 0 saturated carbocycles. The van der Waals surface area contributed by atoms with Crippen molar-refractivity contribution >= 4 is 6.03 Å². The molecule has 2 fully saturated rings. The Morgan fingerprint density at radius 3 is 2.75 bits per heavy atom. The number of hydrogen-bond donors (Lipinski definition) is 1. The van der Waals surface area contributed by atoms with Crippen molar-refractivity contribution in [1.82, 2.24) is 15.1 Å². The van der Waals surface area contributed by atoms with Gasteiger partial charge in [-0.1, -0.05) is 20.8 Å². The van der Waals surface area contributed by atoms with E-state index in [1.165, 1.54) is 19.3 Å². The normalized spacial score (nSPS) is 27.1. The summed E-state index contributed by atoms with van der Waals surface area (Å²) in [5.74, 6) is 1.18. The number of piperidine rings is 1. The predicted octanol–water partition coefficient (Wildman–Crippen LogP) is 2.55. The standard InChI is InChI=1S/C16H31N3O/c1-13(2)10-19(12-15-7-4-8-17-15)16(20)18-9-5-6-14(3)11-18/h13-15,17H,4-12H2,1-3H3. The predicted molar refractivity (Wildman–Crippen MR) is 82.8 cm³/mol. The number of nitrogens with one attached hydrogen (secondary N) is 1. The zero-order valence-electron chi connectivity index (χ0n) is 13.4. The molecular weight excluding hydrogens is 250 g/mol. The summed E-state index contributed by atoms with van der Waals surface area (Å²) in [6.07, 6.45) is 4.87. The highest BCUT2D eigenvalue weighted by atomic mass is 16.2. The van der Waals surface area contributed by atoms with Gasteiger partial charge in [0.1, 0.15) is 0 Å². The molecule has 0 radical (unpaired) electrons. The summed E-state index contributed by atoms with van der Waals surface area (Å²) in [7, 11) is 0. The quantitative estimate of drug-likeness (QED) is 0.859. The average Bonchev–Trinajstić information content (AvgIpc) is 2.89. The van der Waals surface area contributed by atoms with Crippen LogP contribution in [0.3, 0.4) is 0 Å². The Balaban J connectivity index is 1.94. The molecule has 2 aliphatic heterocycles. The van der Waals surface area contributed by atoms with E-state index >= 15 is 0 Å². The van der Waals surface area contributed by atoms with E-state index in [0.29, 0.717) is 17.9 Å². The fourth-order valence-electron chi connectivity index (χ4n) is 3.41. The maximum absolute atomic E-state index is 12.8. The van der Waals surface area contributed by atoms with Crippen molar-refractivity contribution in [3.8, 4) is 0 Å². The Kier molecular flexibility index (Phi) is 5.70. The van der Waals surface area contributed by atoms with Gasteiger partial charge in [-0.25, -0.2) is 4.79 Å². The molecule has 0 bridgehead atoms. The van der Waals surface area contributed by atoms with Crippen molar-refractivity contribution in [2.24, 2.45) is 11.8 Å². The van der Waals surface area contributed by atoms with Crippen LogP contribution in [0.25, 0.3) is 0 Å². The number of likely N-dealkylation sites (tertiary alicyclic amines) is 1. The summed E-state index contributed by atoms with van der Waals surface area (Å²) in [4.78, 5) is 17.0. The van der Waals surface area contributed by atoms with Gasteiger partial charge >= 0.3 is 6.03 Å². The van der Waals surface area contributed by atoms with E-state index in [-0.39, 0.29) is 6.03 Å². The maximum Gasteiger partial charge on any atom is 0.320 e. The van der Waals surface area contributed by atoms with Crippen LogP contribution in [-0.4, -0.2) is 54.6 Å². The van der Waals surface area contributed by atoms with Crippen molar-refractivity contribution in [2.75, 3.05) is 32.7 Å². The van der Waals surface area contributed by atoms with Gasteiger partial charge in [0.15, 0.2) is 0 Å². The van der Waals surface area contributed by atoms with E-state index in [1.54, 1.807) is 0 Å². The van der Waals surface area contributed by atoms with Gasteiger partial charge in [-0.15, -0.1) is 0 Å². The first kappa shape index (κ1) is 15.6. The lowest BCUT2D eigenvalue weighted by atomic mass is 10.0. The van der Waals surface area contributed by atoms with Crippen LogP contribution in [0.1, 0.15) is 46.5 Å². The molecule has 0 aromatic carbocycles. The molecule has 2 unspecified atom stereocenters. The monoisotopic (exact) mass is 281 g/mol. The van der Waals surface area contributed by atoms with Gasteiger partial charge in [0, 0.05) is 32.2 Å². The van der Waals surface area contributed by atoms with Gasteiger partial charge in [0.2, 0.25) is 0 Å². The fraction of sp³-hybridized carbons (Fsp3) is 0.938. The van der Waals surface area contributed by atoms with Crippen LogP contribution in [0.15, 0.2) is 0 Å². The molecule has 20 heavy (non-hydrogen) atoms. The summed E-state index contributed by atoms with van der Waals surface area (Å²) >= 11 is 0. The van der Waals surface area contributed by atoms with E-state index in [2.05, 4.69) is 35.9 Å². The molecule has 2 saturated heterocycles. The second-order valence-electron chi connectivity index (χ2n) is 7.07. The smallest absolute Gasteiger partial charge is 0.320 e. The number of hydrogen-bond acceptors (Lipinski definition) is 2. The lowest BCUT2D eigenvalue weighted by molar-refractivity contribution is 0.123. The Hall–Kier alpha value is -0.770. The van der Waals surface area contributed by atoms with Crippen LogP contribution < -0.4 is 5.32 Å². The van der Waals surface area contributed by atoms with Crippen molar-refractivity contribution in [3.63, 3.8) is 0 Å². The van der Waals surface area contributed by atoms with Crippen molar-refractivity contribution < 1.29 is 4.79 Å². The molecule has 116 valence electrons. The largest absolute Gasteiger partial charge is 0.324 e. The molecule has 4 heteroatoms. The van der Waals surface area contributed by atoms with Gasteiger partial charge in [0.25, 0.3) is 0 Å². The third kappa shape index (κ3) is 4.37. The minimum absolute atomic E-state index is 0.263. The van der Waals surface area contributed by atoms with Crippen LogP contribution in [-0.2, 0) is 0 Å². The van der Waals surface area contributed by atoms with Gasteiger partial charge in [-0.2, -0.15) is 0 Å². The van der Waals surface area contributed by atoms with E-state index in [1.807, 2.05) is 0 Å². The lowest BCUT2D eigenvalue weighted by Crippen LogP contribution is -2.51. The van der Waals surface area contributed by atoms with E-state index in [9.17, 15) is 4.79 Å². The first-order chi connectivity index (χ1) is 9.56. The van der Waals surface area contributed by atoms with Crippen LogP contribution >= 0.6 is 0 Å². The molecule has 2 amide bonds. The molecule has 4 nitrogen and oxygen atoms in total. The van der Waals surface area contributed by atoms with Crippen LogP contribution in [0.2, 0.25) is 0 Å². The fourth-order valence-corrected chi connectivity index (χ4v) is 3.41. The summed E-state index contributed by atoms with van der Waals surface area (Å²) in [5, 5.41) is 3.51. The molecule has 2 aliphatic rings. The van der Waals surface area contributed by atoms with Gasteiger partial charge in [-0.3, -0.25) is 0 Å². The number of urea groups is 1. The number of rotatable bonds is 4. The maximum atomic E-state index is 12.8. The highest BCUT2D eigenvalue weighted by Crippen LogP contribution is 2.18. The van der Waals surface area contributed by atoms with Gasteiger partial charge in [-0.05, 0) is 44.1 Å². The average molecular weight is 281 g/mol. The van der Waals surface area contributed by atoms with Crippen molar-refractivity contribution in [3.05, 3.63) is 0 Å². The van der Waals surface area contributed by atoms with E-state index in [0.717, 1.165) is 39.1 Å². The number of nitrogens with zero attached hydrogens (tertiary/aromatic N) is 2. The third-order valence-corrected chi connectivity index (χ3v) is 4.39. The molecule has 2 rings (SSSR count). The van der Waals surface area contributed by atoms with Crippen molar-refractivity contribution in [2.45, 2.75) is 52.5 Å². The Morgan fingerprint density at radius 1 is 1.35 bits per heavy atom. The topological polar surface area (TPSA) is 35.6 Å². The summed E-state index contributed by atoms with van der Waals surface area (Å²) < 4.78 is 0. The number of carbonyl (C=O) groups is 1. The minimum Gasteiger partial charge on any atom is -0.324 e. The van der Waals surface area contributed by atoms with Crippen LogP contribution in [0, 0.1) is 11.8 Å². The Bertz CT molecular complexity index is 313. The summed E-state index contributed by atoms with van der Waals surface area (Å²) in [5.41, 5.74) is 0. The SMILES string of the molecule is CC(C)CN(CC1CCCN1)C(=O)N1CCCC(C)C1. The lowest BCUT2D eigenvalue weighted by Gasteiger charge is -2.37. The number of amides is 2. The first-order valence-corrected chi connectivity index (χ1v) is 8.33. The first-order valence-electron chi connectivity index (χ1n) is 8.33. The zero-order chi connectivity index (χ0) is 14.5.